The van der Waals surface area contributed by atoms with Crippen molar-refractivity contribution in [1.82, 2.24) is 21.3 Å². The van der Waals surface area contributed by atoms with E-state index in [1.54, 1.807) is 75.4 Å². The van der Waals surface area contributed by atoms with Gasteiger partial charge in [-0.15, -0.1) is 0 Å². The molecule has 0 saturated heterocycles. The van der Waals surface area contributed by atoms with Gasteiger partial charge in [-0.25, -0.2) is 4.79 Å². The van der Waals surface area contributed by atoms with Crippen LogP contribution in [0.4, 0.5) is 4.79 Å². The standard InChI is InChI=1S/C49H62N4O11/c1-6-62-30-39(52-46(58)38(27-31(2)3)51-47(59)41(32(4)5)53-49(61)63-29-33-19-11-7-12-20-33)42(55)43(56)44(57)48(60)50-37(34-21-13-8-14-22-34)28-40(54)64-45(35-23-15-9-16-24-35)36-25-17-10-18-26-36/h7-26,31-32,37-39,41-45,55-57H,6,27-30H2,1-5H3,(H,50,60)(H,51,59)(H,52,58)(H,53,61). The van der Waals surface area contributed by atoms with Crippen LogP contribution in [0.5, 0.6) is 0 Å². The predicted octanol–water partition coefficient (Wildman–Crippen LogP) is 4.65. The van der Waals surface area contributed by atoms with Crippen molar-refractivity contribution < 1.29 is 53.5 Å². The second kappa shape index (κ2) is 25.8. The van der Waals surface area contributed by atoms with E-state index in [-0.39, 0.29) is 38.6 Å². The molecule has 4 amide bonds. The molecule has 0 saturated carbocycles. The lowest BCUT2D eigenvalue weighted by Gasteiger charge is -2.32. The lowest BCUT2D eigenvalue weighted by molar-refractivity contribution is -0.149. The number of hydrogen-bond donors (Lipinski definition) is 7. The van der Waals surface area contributed by atoms with E-state index < -0.39 is 84.3 Å². The topological polar surface area (TPSA) is 222 Å². The van der Waals surface area contributed by atoms with E-state index in [2.05, 4.69) is 21.3 Å². The van der Waals surface area contributed by atoms with Crippen molar-refractivity contribution in [2.45, 2.75) is 103 Å². The summed E-state index contributed by atoms with van der Waals surface area (Å²) in [5.74, 6) is -3.71. The molecule has 344 valence electrons. The van der Waals surface area contributed by atoms with Crippen molar-refractivity contribution in [2.24, 2.45) is 11.8 Å². The average Bonchev–Trinajstić information content (AvgIpc) is 3.30. The van der Waals surface area contributed by atoms with E-state index in [1.165, 1.54) is 0 Å². The molecule has 0 fully saturated rings. The van der Waals surface area contributed by atoms with Crippen LogP contribution in [-0.2, 0) is 40.0 Å². The Balaban J connectivity index is 1.45. The van der Waals surface area contributed by atoms with Gasteiger partial charge in [0.2, 0.25) is 11.8 Å². The molecule has 4 aromatic carbocycles. The lowest BCUT2D eigenvalue weighted by Crippen LogP contribution is -2.60. The molecule has 7 unspecified atom stereocenters. The lowest BCUT2D eigenvalue weighted by atomic mass is 9.97. The molecule has 4 rings (SSSR count). The first-order valence-electron chi connectivity index (χ1n) is 21.5. The fourth-order valence-electron chi connectivity index (χ4n) is 6.85. The molecule has 4 aromatic rings. The number of amides is 4. The highest BCUT2D eigenvalue weighted by Gasteiger charge is 2.39. The highest BCUT2D eigenvalue weighted by Crippen LogP contribution is 2.28. The molecule has 0 aromatic heterocycles. The summed E-state index contributed by atoms with van der Waals surface area (Å²) in [5.41, 5.74) is 2.72. The summed E-state index contributed by atoms with van der Waals surface area (Å²) < 4.78 is 16.8. The second-order valence-corrected chi connectivity index (χ2v) is 16.2. The third-order valence-electron chi connectivity index (χ3n) is 10.3. The third kappa shape index (κ3) is 15.9. The van der Waals surface area contributed by atoms with Crippen LogP contribution in [0.3, 0.4) is 0 Å². The molecule has 0 aliphatic rings. The van der Waals surface area contributed by atoms with Gasteiger partial charge in [-0.2, -0.15) is 0 Å². The van der Waals surface area contributed by atoms with Crippen molar-refractivity contribution in [1.29, 1.82) is 0 Å². The summed E-state index contributed by atoms with van der Waals surface area (Å²) in [5, 5.41) is 44.4. The molecule has 7 N–H and O–H groups in total. The first-order chi connectivity index (χ1) is 30.7. The Bertz CT molecular complexity index is 2000. The van der Waals surface area contributed by atoms with Crippen molar-refractivity contribution in [3.8, 4) is 0 Å². The Kier molecular flexibility index (Phi) is 20.4. The minimum Gasteiger partial charge on any atom is -0.452 e. The zero-order chi connectivity index (χ0) is 46.6. The van der Waals surface area contributed by atoms with Gasteiger partial charge in [0.25, 0.3) is 5.91 Å². The first-order valence-corrected chi connectivity index (χ1v) is 21.5. The molecule has 0 heterocycles. The largest absolute Gasteiger partial charge is 0.452 e. The summed E-state index contributed by atoms with van der Waals surface area (Å²) >= 11 is 0. The fraction of sp³-hybridized carbons (Fsp3) is 0.408. The molecule has 0 bridgehead atoms. The summed E-state index contributed by atoms with van der Waals surface area (Å²) in [6.07, 6.45) is -8.16. The molecule has 64 heavy (non-hydrogen) atoms. The van der Waals surface area contributed by atoms with Crippen LogP contribution in [0, 0.1) is 11.8 Å². The third-order valence-corrected chi connectivity index (χ3v) is 10.3. The number of nitrogens with one attached hydrogen (secondary N) is 4. The van der Waals surface area contributed by atoms with Crippen molar-refractivity contribution in [3.63, 3.8) is 0 Å². The van der Waals surface area contributed by atoms with Gasteiger partial charge in [0.05, 0.1) is 25.1 Å². The average molecular weight is 883 g/mol. The van der Waals surface area contributed by atoms with Crippen LogP contribution in [-0.4, -0.2) is 94.8 Å². The number of hydrogen-bond acceptors (Lipinski definition) is 11. The second-order valence-electron chi connectivity index (χ2n) is 16.2. The highest BCUT2D eigenvalue weighted by atomic mass is 16.6. The Hall–Kier alpha value is -6.13. The molecule has 15 nitrogen and oxygen atoms in total. The minimum absolute atomic E-state index is 0.0176. The Morgan fingerprint density at radius 1 is 0.609 bits per heavy atom. The number of carbonyl (C=O) groups is 5. The number of rotatable bonds is 24. The highest BCUT2D eigenvalue weighted by molar-refractivity contribution is 5.91. The molecule has 0 aliphatic heterocycles. The number of aliphatic hydroxyl groups excluding tert-OH is 3. The summed E-state index contributed by atoms with van der Waals surface area (Å²) in [7, 11) is 0. The molecule has 0 aliphatic carbocycles. The zero-order valence-electron chi connectivity index (χ0n) is 37.0. The molecule has 0 radical (unpaired) electrons. The molecular weight excluding hydrogens is 821 g/mol. The van der Waals surface area contributed by atoms with E-state index in [4.69, 9.17) is 14.2 Å². The van der Waals surface area contributed by atoms with Crippen molar-refractivity contribution in [2.75, 3.05) is 13.2 Å². The Labute approximate surface area is 374 Å². The minimum atomic E-state index is -2.25. The number of aliphatic hydroxyl groups is 3. The van der Waals surface area contributed by atoms with Crippen LogP contribution in [0.1, 0.15) is 81.9 Å². The quantitative estimate of drug-likeness (QED) is 0.0480. The number of esters is 1. The van der Waals surface area contributed by atoms with Crippen LogP contribution >= 0.6 is 0 Å². The van der Waals surface area contributed by atoms with Gasteiger partial charge < -0.3 is 50.8 Å². The van der Waals surface area contributed by atoms with Gasteiger partial charge in [-0.05, 0) is 47.4 Å². The van der Waals surface area contributed by atoms with Crippen LogP contribution in [0.2, 0.25) is 0 Å². The molecular formula is C49H62N4O11. The van der Waals surface area contributed by atoms with Gasteiger partial charge >= 0.3 is 12.1 Å². The predicted molar refractivity (Wildman–Crippen MR) is 239 cm³/mol. The maximum absolute atomic E-state index is 13.9. The van der Waals surface area contributed by atoms with Gasteiger partial charge in [-0.3, -0.25) is 19.2 Å². The van der Waals surface area contributed by atoms with E-state index in [1.807, 2.05) is 80.6 Å². The number of benzene rings is 4. The van der Waals surface area contributed by atoms with E-state index in [0.29, 0.717) is 5.56 Å². The van der Waals surface area contributed by atoms with E-state index in [9.17, 15) is 39.3 Å². The number of alkyl carbamates (subject to hydrolysis) is 1. The van der Waals surface area contributed by atoms with Gasteiger partial charge in [0.15, 0.2) is 12.2 Å². The number of ether oxygens (including phenoxy) is 3. The number of carbonyl (C=O) groups excluding carboxylic acids is 5. The van der Waals surface area contributed by atoms with Gasteiger partial charge in [0.1, 0.15) is 30.9 Å². The van der Waals surface area contributed by atoms with Crippen LogP contribution in [0.25, 0.3) is 0 Å². The fourth-order valence-corrected chi connectivity index (χ4v) is 6.85. The maximum Gasteiger partial charge on any atom is 0.408 e. The Morgan fingerprint density at radius 2 is 1.14 bits per heavy atom. The van der Waals surface area contributed by atoms with Crippen LogP contribution in [0.15, 0.2) is 121 Å². The summed E-state index contributed by atoms with van der Waals surface area (Å²) in [6.45, 7) is 8.58. The van der Waals surface area contributed by atoms with E-state index >= 15 is 0 Å². The maximum atomic E-state index is 13.9. The Morgan fingerprint density at radius 3 is 1.66 bits per heavy atom. The SMILES string of the molecule is CCOCC(NC(=O)C(CC(C)C)NC(=O)C(NC(=O)OCc1ccccc1)C(C)C)C(O)C(O)C(O)C(=O)NC(CC(=O)OC(c1ccccc1)c1ccccc1)c1ccccc1. The van der Waals surface area contributed by atoms with Crippen molar-refractivity contribution >= 4 is 29.8 Å². The van der Waals surface area contributed by atoms with E-state index in [0.717, 1.165) is 16.7 Å². The van der Waals surface area contributed by atoms with Gasteiger partial charge in [0, 0.05) is 6.61 Å². The first kappa shape index (κ1) is 50.5. The zero-order valence-corrected chi connectivity index (χ0v) is 37.0. The molecule has 15 heteroatoms. The summed E-state index contributed by atoms with van der Waals surface area (Å²) in [6, 6.07) is 31.2. The van der Waals surface area contributed by atoms with Crippen LogP contribution < -0.4 is 21.3 Å². The monoisotopic (exact) mass is 882 g/mol. The molecule has 7 atom stereocenters. The molecule has 0 spiro atoms. The summed E-state index contributed by atoms with van der Waals surface area (Å²) in [4.78, 5) is 67.5. The van der Waals surface area contributed by atoms with Crippen molar-refractivity contribution in [3.05, 3.63) is 144 Å². The smallest absolute Gasteiger partial charge is 0.408 e. The normalized spacial score (nSPS) is 14.6. The van der Waals surface area contributed by atoms with Gasteiger partial charge in [-0.1, -0.05) is 149 Å².